The Labute approximate surface area is 103 Å². The van der Waals surface area contributed by atoms with E-state index in [-0.39, 0.29) is 4.88 Å². The minimum Gasteiger partial charge on any atom is -0.544 e. The van der Waals surface area contributed by atoms with Crippen LogP contribution in [0.3, 0.4) is 0 Å². The van der Waals surface area contributed by atoms with Crippen molar-refractivity contribution in [3.8, 4) is 16.3 Å². The SMILES string of the molecule is COc1cccc(-c2nc(C)c(C(=O)[O-])s2)c1. The number of thiazole rings is 1. The lowest BCUT2D eigenvalue weighted by Gasteiger charge is -2.01. The lowest BCUT2D eigenvalue weighted by atomic mass is 10.2. The lowest BCUT2D eigenvalue weighted by molar-refractivity contribution is -0.254. The molecule has 4 nitrogen and oxygen atoms in total. The molecular weight excluding hydrogens is 238 g/mol. The number of carbonyl (C=O) groups is 1. The van der Waals surface area contributed by atoms with Crippen LogP contribution in [0.5, 0.6) is 5.75 Å². The molecule has 0 spiro atoms. The van der Waals surface area contributed by atoms with E-state index in [1.54, 1.807) is 14.0 Å². The molecule has 1 heterocycles. The molecular formula is C12H10NO3S-. The molecule has 0 aliphatic heterocycles. The summed E-state index contributed by atoms with van der Waals surface area (Å²) in [7, 11) is 1.58. The Morgan fingerprint density at radius 2 is 2.24 bits per heavy atom. The molecule has 0 fully saturated rings. The summed E-state index contributed by atoms with van der Waals surface area (Å²) in [6.45, 7) is 1.66. The molecule has 0 saturated carbocycles. The average Bonchev–Trinajstić information content (AvgIpc) is 2.71. The zero-order chi connectivity index (χ0) is 12.4. The van der Waals surface area contributed by atoms with Gasteiger partial charge in [-0.2, -0.15) is 0 Å². The third-order valence-corrected chi connectivity index (χ3v) is 3.49. The first-order valence-corrected chi connectivity index (χ1v) is 5.76. The van der Waals surface area contributed by atoms with Crippen molar-refractivity contribution in [3.63, 3.8) is 0 Å². The standard InChI is InChI=1S/C12H11NO3S/c1-7-10(12(14)15)17-11(13-7)8-4-3-5-9(6-8)16-2/h3-6H,1-2H3,(H,14,15)/p-1. The molecule has 2 aromatic rings. The zero-order valence-corrected chi connectivity index (χ0v) is 10.2. The van der Waals surface area contributed by atoms with Crippen LogP contribution in [0.15, 0.2) is 24.3 Å². The van der Waals surface area contributed by atoms with Crippen molar-refractivity contribution in [2.75, 3.05) is 7.11 Å². The van der Waals surface area contributed by atoms with Gasteiger partial charge < -0.3 is 14.6 Å². The first kappa shape index (κ1) is 11.6. The first-order valence-electron chi connectivity index (χ1n) is 4.95. The molecule has 1 aromatic carbocycles. The second-order valence-electron chi connectivity index (χ2n) is 3.45. The number of carboxylic acid groups (broad SMARTS) is 1. The van der Waals surface area contributed by atoms with Gasteiger partial charge in [-0.1, -0.05) is 12.1 Å². The van der Waals surface area contributed by atoms with E-state index in [9.17, 15) is 9.90 Å². The molecule has 5 heteroatoms. The Morgan fingerprint density at radius 1 is 1.47 bits per heavy atom. The highest BCUT2D eigenvalue weighted by atomic mass is 32.1. The van der Waals surface area contributed by atoms with Gasteiger partial charge >= 0.3 is 0 Å². The number of hydrogen-bond acceptors (Lipinski definition) is 5. The van der Waals surface area contributed by atoms with Crippen molar-refractivity contribution in [3.05, 3.63) is 34.8 Å². The number of methoxy groups -OCH3 is 1. The Balaban J connectivity index is 2.46. The number of nitrogens with zero attached hydrogens (tertiary/aromatic N) is 1. The topological polar surface area (TPSA) is 62.2 Å². The normalized spacial score (nSPS) is 10.2. The molecule has 0 unspecified atom stereocenters. The summed E-state index contributed by atoms with van der Waals surface area (Å²) in [6.07, 6.45) is 0. The van der Waals surface area contributed by atoms with Crippen molar-refractivity contribution in [2.24, 2.45) is 0 Å². The number of aromatic carboxylic acids is 1. The number of aromatic nitrogens is 1. The predicted molar refractivity (Wildman–Crippen MR) is 63.2 cm³/mol. The van der Waals surface area contributed by atoms with E-state index in [1.165, 1.54) is 0 Å². The van der Waals surface area contributed by atoms with Gasteiger partial charge in [0.2, 0.25) is 0 Å². The van der Waals surface area contributed by atoms with Crippen LogP contribution in [0, 0.1) is 6.92 Å². The molecule has 0 atom stereocenters. The van der Waals surface area contributed by atoms with E-state index in [4.69, 9.17) is 4.74 Å². The van der Waals surface area contributed by atoms with E-state index in [2.05, 4.69) is 4.98 Å². The number of benzene rings is 1. The zero-order valence-electron chi connectivity index (χ0n) is 9.39. The number of rotatable bonds is 3. The van der Waals surface area contributed by atoms with E-state index in [1.807, 2.05) is 24.3 Å². The third-order valence-electron chi connectivity index (χ3n) is 2.30. The third kappa shape index (κ3) is 2.29. The van der Waals surface area contributed by atoms with Crippen LogP contribution in [-0.2, 0) is 0 Å². The monoisotopic (exact) mass is 248 g/mol. The number of aryl methyl sites for hydroxylation is 1. The summed E-state index contributed by atoms with van der Waals surface area (Å²) >= 11 is 1.11. The Kier molecular flexibility index (Phi) is 3.10. The minimum atomic E-state index is -1.19. The Morgan fingerprint density at radius 3 is 2.82 bits per heavy atom. The molecule has 0 saturated heterocycles. The van der Waals surface area contributed by atoms with Crippen LogP contribution in [-0.4, -0.2) is 18.1 Å². The molecule has 0 aliphatic carbocycles. The summed E-state index contributed by atoms with van der Waals surface area (Å²) < 4.78 is 5.11. The summed E-state index contributed by atoms with van der Waals surface area (Å²) in [4.78, 5) is 15.2. The summed E-state index contributed by atoms with van der Waals surface area (Å²) in [5, 5.41) is 11.5. The van der Waals surface area contributed by atoms with E-state index < -0.39 is 5.97 Å². The Hall–Kier alpha value is -1.88. The van der Waals surface area contributed by atoms with Crippen molar-refractivity contribution in [2.45, 2.75) is 6.92 Å². The van der Waals surface area contributed by atoms with Crippen molar-refractivity contribution < 1.29 is 14.6 Å². The fourth-order valence-corrected chi connectivity index (χ4v) is 2.36. The van der Waals surface area contributed by atoms with Crippen molar-refractivity contribution >= 4 is 17.3 Å². The Bertz CT molecular complexity index is 563. The molecule has 88 valence electrons. The van der Waals surface area contributed by atoms with Crippen molar-refractivity contribution in [1.29, 1.82) is 0 Å². The molecule has 0 N–H and O–H groups in total. The molecule has 0 amide bonds. The fourth-order valence-electron chi connectivity index (χ4n) is 1.47. The highest BCUT2D eigenvalue weighted by molar-refractivity contribution is 7.17. The molecule has 0 bridgehead atoms. The van der Waals surface area contributed by atoms with E-state index in [0.717, 1.165) is 16.9 Å². The van der Waals surface area contributed by atoms with Gasteiger partial charge in [-0.05, 0) is 19.1 Å². The van der Waals surface area contributed by atoms with Gasteiger partial charge in [0, 0.05) is 5.56 Å². The van der Waals surface area contributed by atoms with Crippen LogP contribution in [0.1, 0.15) is 15.4 Å². The van der Waals surface area contributed by atoms with Crippen LogP contribution in [0.25, 0.3) is 10.6 Å². The smallest absolute Gasteiger partial charge is 0.124 e. The van der Waals surface area contributed by atoms with Gasteiger partial charge in [0.25, 0.3) is 0 Å². The van der Waals surface area contributed by atoms with Gasteiger partial charge in [-0.15, -0.1) is 11.3 Å². The second-order valence-corrected chi connectivity index (χ2v) is 4.45. The second kappa shape index (κ2) is 4.55. The average molecular weight is 248 g/mol. The van der Waals surface area contributed by atoms with Crippen LogP contribution in [0.2, 0.25) is 0 Å². The van der Waals surface area contributed by atoms with Crippen LogP contribution >= 0.6 is 11.3 Å². The number of carboxylic acids is 1. The van der Waals surface area contributed by atoms with Gasteiger partial charge in [0.15, 0.2) is 0 Å². The summed E-state index contributed by atoms with van der Waals surface area (Å²) in [5.74, 6) is -0.473. The van der Waals surface area contributed by atoms with Gasteiger partial charge in [-0.3, -0.25) is 0 Å². The summed E-state index contributed by atoms with van der Waals surface area (Å²) in [5.41, 5.74) is 1.32. The van der Waals surface area contributed by atoms with Crippen molar-refractivity contribution in [1.82, 2.24) is 4.98 Å². The fraction of sp³-hybridized carbons (Fsp3) is 0.167. The quantitative estimate of drug-likeness (QED) is 0.825. The predicted octanol–water partition coefficient (Wildman–Crippen LogP) is 1.49. The van der Waals surface area contributed by atoms with Crippen LogP contribution < -0.4 is 9.84 Å². The minimum absolute atomic E-state index is 0.169. The van der Waals surface area contributed by atoms with E-state index in [0.29, 0.717) is 16.5 Å². The number of hydrogen-bond donors (Lipinski definition) is 0. The maximum atomic E-state index is 10.8. The summed E-state index contributed by atoms with van der Waals surface area (Å²) in [6, 6.07) is 7.34. The van der Waals surface area contributed by atoms with Crippen LogP contribution in [0.4, 0.5) is 0 Å². The van der Waals surface area contributed by atoms with E-state index >= 15 is 0 Å². The molecule has 0 radical (unpaired) electrons. The first-order chi connectivity index (χ1) is 8.11. The van der Waals surface area contributed by atoms with Gasteiger partial charge in [-0.25, -0.2) is 4.98 Å². The highest BCUT2D eigenvalue weighted by Gasteiger charge is 2.10. The largest absolute Gasteiger partial charge is 0.544 e. The maximum Gasteiger partial charge on any atom is 0.124 e. The number of ether oxygens (including phenoxy) is 1. The molecule has 1 aromatic heterocycles. The highest BCUT2D eigenvalue weighted by Crippen LogP contribution is 2.29. The lowest BCUT2D eigenvalue weighted by Crippen LogP contribution is -2.21. The van der Waals surface area contributed by atoms with Gasteiger partial charge in [0.05, 0.1) is 23.7 Å². The van der Waals surface area contributed by atoms with Gasteiger partial charge in [0.1, 0.15) is 10.8 Å². The number of carbonyl (C=O) groups excluding carboxylic acids is 1. The maximum absolute atomic E-state index is 10.8. The molecule has 2 rings (SSSR count). The molecule has 17 heavy (non-hydrogen) atoms. The molecule has 0 aliphatic rings.